The van der Waals surface area contributed by atoms with Crippen molar-refractivity contribution in [1.82, 2.24) is 5.32 Å². The van der Waals surface area contributed by atoms with Crippen LogP contribution in [0.4, 0.5) is 13.2 Å². The number of carbonyl (C=O) groups is 1. The van der Waals surface area contributed by atoms with Gasteiger partial charge < -0.3 is 10.4 Å². The van der Waals surface area contributed by atoms with Crippen LogP contribution in [0.3, 0.4) is 0 Å². The van der Waals surface area contributed by atoms with E-state index in [0.717, 1.165) is 12.1 Å². The Morgan fingerprint density at radius 1 is 1.30 bits per heavy atom. The van der Waals surface area contributed by atoms with Crippen LogP contribution in [0.2, 0.25) is 0 Å². The fourth-order valence-electron chi connectivity index (χ4n) is 2.21. The minimum atomic E-state index is -4.38. The van der Waals surface area contributed by atoms with Crippen molar-refractivity contribution in [2.75, 3.05) is 13.2 Å². The molecule has 0 fully saturated rings. The number of hydrogen-bond acceptors (Lipinski definition) is 2. The third-order valence-electron chi connectivity index (χ3n) is 3.77. The quantitative estimate of drug-likeness (QED) is 0.804. The maximum absolute atomic E-state index is 12.7. The summed E-state index contributed by atoms with van der Waals surface area (Å²) in [7, 11) is 0. The first kappa shape index (κ1) is 19.5. The number of benzene rings is 1. The Labute approximate surface area is 134 Å². The predicted octanol–water partition coefficient (Wildman–Crippen LogP) is 3.41. The maximum atomic E-state index is 12.7. The van der Waals surface area contributed by atoms with E-state index in [-0.39, 0.29) is 24.3 Å². The van der Waals surface area contributed by atoms with Crippen molar-refractivity contribution in [2.24, 2.45) is 11.3 Å². The summed E-state index contributed by atoms with van der Waals surface area (Å²) < 4.78 is 38.1. The summed E-state index contributed by atoms with van der Waals surface area (Å²) in [6, 6.07) is 5.05. The van der Waals surface area contributed by atoms with Crippen molar-refractivity contribution < 1.29 is 23.1 Å². The van der Waals surface area contributed by atoms with Crippen LogP contribution in [0.25, 0.3) is 0 Å². The van der Waals surface area contributed by atoms with Gasteiger partial charge in [0.15, 0.2) is 0 Å². The molecule has 6 heteroatoms. The highest BCUT2D eigenvalue weighted by Crippen LogP contribution is 2.30. The molecule has 0 heterocycles. The van der Waals surface area contributed by atoms with Gasteiger partial charge >= 0.3 is 6.18 Å². The molecule has 0 aliphatic carbocycles. The zero-order chi connectivity index (χ0) is 17.7. The normalized spacial score (nSPS) is 13.7. The number of aliphatic hydroxyl groups excluding tert-OH is 1. The lowest BCUT2D eigenvalue weighted by Gasteiger charge is -2.25. The highest BCUT2D eigenvalue weighted by atomic mass is 19.4. The molecular weight excluding hydrogens is 307 g/mol. The van der Waals surface area contributed by atoms with Gasteiger partial charge in [0.2, 0.25) is 5.91 Å². The first-order valence-electron chi connectivity index (χ1n) is 7.60. The number of halogens is 3. The van der Waals surface area contributed by atoms with Crippen molar-refractivity contribution in [1.29, 1.82) is 0 Å². The number of nitrogens with one attached hydrogen (secondary N) is 1. The summed E-state index contributed by atoms with van der Waals surface area (Å²) in [5.41, 5.74) is -0.441. The van der Waals surface area contributed by atoms with Crippen LogP contribution >= 0.6 is 0 Å². The second kappa shape index (κ2) is 7.81. The summed E-state index contributed by atoms with van der Waals surface area (Å²) >= 11 is 0. The molecule has 0 aliphatic heterocycles. The van der Waals surface area contributed by atoms with E-state index < -0.39 is 17.7 Å². The molecule has 0 saturated carbocycles. The molecule has 23 heavy (non-hydrogen) atoms. The van der Waals surface area contributed by atoms with Crippen molar-refractivity contribution in [3.63, 3.8) is 0 Å². The number of amides is 1. The number of aliphatic hydroxyl groups is 1. The molecule has 0 bridgehead atoms. The van der Waals surface area contributed by atoms with E-state index in [9.17, 15) is 18.0 Å². The topological polar surface area (TPSA) is 49.3 Å². The van der Waals surface area contributed by atoms with Crippen molar-refractivity contribution in [3.8, 4) is 0 Å². The molecule has 1 rings (SSSR count). The lowest BCUT2D eigenvalue weighted by molar-refractivity contribution is -0.137. The van der Waals surface area contributed by atoms with Crippen LogP contribution in [0.5, 0.6) is 0 Å². The van der Waals surface area contributed by atoms with Crippen LogP contribution in [-0.2, 0) is 17.4 Å². The van der Waals surface area contributed by atoms with Gasteiger partial charge in [-0.25, -0.2) is 0 Å². The van der Waals surface area contributed by atoms with Gasteiger partial charge in [0.05, 0.1) is 5.56 Å². The number of carbonyl (C=O) groups excluding carboxylic acids is 1. The molecule has 0 spiro atoms. The molecule has 130 valence electrons. The van der Waals surface area contributed by atoms with Gasteiger partial charge in [-0.05, 0) is 29.9 Å². The van der Waals surface area contributed by atoms with Crippen molar-refractivity contribution >= 4 is 5.91 Å². The fraction of sp³-hybridized carbons (Fsp3) is 0.588. The lowest BCUT2D eigenvalue weighted by atomic mass is 9.89. The number of hydrogen-bond donors (Lipinski definition) is 2. The second-order valence-electron chi connectivity index (χ2n) is 6.66. The Morgan fingerprint density at radius 3 is 2.52 bits per heavy atom. The number of rotatable bonds is 7. The minimum Gasteiger partial charge on any atom is -0.396 e. The molecule has 1 amide bonds. The summed E-state index contributed by atoms with van der Waals surface area (Å²) in [6.07, 6.45) is -3.57. The van der Waals surface area contributed by atoms with Crippen molar-refractivity contribution in [3.05, 3.63) is 35.4 Å². The highest BCUT2D eigenvalue weighted by Gasteiger charge is 2.30. The summed E-state index contributed by atoms with van der Waals surface area (Å²) in [6.45, 7) is 6.01. The Bertz CT molecular complexity index is 527. The van der Waals surface area contributed by atoms with E-state index in [0.29, 0.717) is 18.5 Å². The largest absolute Gasteiger partial charge is 0.416 e. The van der Waals surface area contributed by atoms with E-state index in [2.05, 4.69) is 5.32 Å². The standard InChI is InChI=1S/C17H24F3NO2/c1-12(15(23)21-11-16(2,3)7-8-22)9-13-5-4-6-14(10-13)17(18,19)20/h4-6,10,12,22H,7-9,11H2,1-3H3,(H,21,23). The number of alkyl halides is 3. The molecule has 2 N–H and O–H groups in total. The molecule has 1 aromatic rings. The van der Waals surface area contributed by atoms with Gasteiger partial charge in [-0.15, -0.1) is 0 Å². The molecular formula is C17H24F3NO2. The molecule has 1 aromatic carbocycles. The Kier molecular flexibility index (Phi) is 6.62. The first-order chi connectivity index (χ1) is 10.5. The fourth-order valence-corrected chi connectivity index (χ4v) is 2.21. The molecule has 1 atom stereocenters. The lowest BCUT2D eigenvalue weighted by Crippen LogP contribution is -2.37. The van der Waals surface area contributed by atoms with E-state index in [4.69, 9.17) is 5.11 Å². The molecule has 1 unspecified atom stereocenters. The van der Waals surface area contributed by atoms with Gasteiger partial charge in [0, 0.05) is 19.1 Å². The van der Waals surface area contributed by atoms with Crippen molar-refractivity contribution in [2.45, 2.75) is 39.8 Å². The molecule has 0 aromatic heterocycles. The molecule has 0 saturated heterocycles. The van der Waals surface area contributed by atoms with Crippen LogP contribution in [0, 0.1) is 11.3 Å². The van der Waals surface area contributed by atoms with E-state index in [1.54, 1.807) is 13.0 Å². The van der Waals surface area contributed by atoms with Gasteiger partial charge in [-0.2, -0.15) is 13.2 Å². The summed E-state index contributed by atoms with van der Waals surface area (Å²) in [5.74, 6) is -0.628. The Morgan fingerprint density at radius 2 is 1.96 bits per heavy atom. The van der Waals surface area contributed by atoms with E-state index >= 15 is 0 Å². The summed E-state index contributed by atoms with van der Waals surface area (Å²) in [5, 5.41) is 11.8. The monoisotopic (exact) mass is 331 g/mol. The zero-order valence-corrected chi connectivity index (χ0v) is 13.7. The van der Waals surface area contributed by atoms with E-state index in [1.807, 2.05) is 13.8 Å². The zero-order valence-electron chi connectivity index (χ0n) is 13.7. The molecule has 0 aliphatic rings. The predicted molar refractivity (Wildman–Crippen MR) is 82.8 cm³/mol. The molecule has 0 radical (unpaired) electrons. The molecule has 3 nitrogen and oxygen atoms in total. The van der Waals surface area contributed by atoms with E-state index in [1.165, 1.54) is 6.07 Å². The average Bonchev–Trinajstić information content (AvgIpc) is 2.44. The van der Waals surface area contributed by atoms with Crippen LogP contribution in [0.15, 0.2) is 24.3 Å². The SMILES string of the molecule is CC(Cc1cccc(C(F)(F)F)c1)C(=O)NCC(C)(C)CCO. The average molecular weight is 331 g/mol. The highest BCUT2D eigenvalue weighted by molar-refractivity contribution is 5.78. The second-order valence-corrected chi connectivity index (χ2v) is 6.66. The Balaban J connectivity index is 2.62. The van der Waals surface area contributed by atoms with Gasteiger partial charge in [0.1, 0.15) is 0 Å². The first-order valence-corrected chi connectivity index (χ1v) is 7.60. The van der Waals surface area contributed by atoms with Crippen LogP contribution in [-0.4, -0.2) is 24.2 Å². The van der Waals surface area contributed by atoms with Gasteiger partial charge in [-0.3, -0.25) is 4.79 Å². The maximum Gasteiger partial charge on any atom is 0.416 e. The minimum absolute atomic E-state index is 0.0443. The van der Waals surface area contributed by atoms with Gasteiger partial charge in [-0.1, -0.05) is 39.0 Å². The third kappa shape index (κ3) is 6.60. The van der Waals surface area contributed by atoms with Gasteiger partial charge in [0.25, 0.3) is 0 Å². The van der Waals surface area contributed by atoms with Crippen LogP contribution in [0.1, 0.15) is 38.3 Å². The smallest absolute Gasteiger partial charge is 0.396 e. The summed E-state index contributed by atoms with van der Waals surface area (Å²) in [4.78, 5) is 12.1. The third-order valence-corrected chi connectivity index (χ3v) is 3.77. The van der Waals surface area contributed by atoms with Crippen LogP contribution < -0.4 is 5.32 Å². The Hall–Kier alpha value is -1.56.